The number of halogens is 1. The van der Waals surface area contributed by atoms with Crippen LogP contribution in [0.25, 0.3) is 0 Å². The van der Waals surface area contributed by atoms with Gasteiger partial charge >= 0.3 is 0 Å². The molecule has 2 aromatic carbocycles. The topological polar surface area (TPSA) is 23.6 Å². The highest BCUT2D eigenvalue weighted by Crippen LogP contribution is 2.34. The smallest absolute Gasteiger partial charge is 0.257 e. The second kappa shape index (κ2) is 6.36. The summed E-state index contributed by atoms with van der Waals surface area (Å²) in [5.74, 6) is -0.656. The van der Waals surface area contributed by atoms with Crippen LogP contribution in [0.5, 0.6) is 0 Å². The Balaban J connectivity index is 1.64. The Morgan fingerprint density at radius 1 is 0.958 bits per heavy atom. The van der Waals surface area contributed by atoms with Gasteiger partial charge in [-0.05, 0) is 30.5 Å². The van der Waals surface area contributed by atoms with Crippen LogP contribution in [-0.4, -0.2) is 41.4 Å². The van der Waals surface area contributed by atoms with Gasteiger partial charge < -0.3 is 4.90 Å². The van der Waals surface area contributed by atoms with Crippen LogP contribution in [0, 0.1) is 5.82 Å². The first kappa shape index (κ1) is 15.3. The summed E-state index contributed by atoms with van der Waals surface area (Å²) in [5, 5.41) is 0. The number of hydrogen-bond donors (Lipinski definition) is 0. The maximum absolute atomic E-state index is 14.1. The molecule has 1 atom stereocenters. The number of carbonyl (C=O) groups is 1. The Kier molecular flexibility index (Phi) is 4.07. The number of benzene rings is 2. The van der Waals surface area contributed by atoms with Crippen LogP contribution < -0.4 is 0 Å². The minimum absolute atomic E-state index is 0.0207. The van der Waals surface area contributed by atoms with Crippen LogP contribution >= 0.6 is 0 Å². The standard InChI is InChI=1S/C20H21FN2O/c21-18-9-5-4-8-17(18)20(24)23-13-12-22(16-10-11-16)14-19(23)15-6-2-1-3-7-15/h1-9,16,19H,10-14H2. The molecule has 1 unspecified atom stereocenters. The number of amides is 1. The molecule has 0 spiro atoms. The van der Waals surface area contributed by atoms with Crippen LogP contribution in [0.1, 0.15) is 34.8 Å². The van der Waals surface area contributed by atoms with Gasteiger partial charge in [-0.15, -0.1) is 0 Å². The molecule has 1 saturated heterocycles. The largest absolute Gasteiger partial charge is 0.329 e. The monoisotopic (exact) mass is 324 g/mol. The minimum Gasteiger partial charge on any atom is -0.329 e. The van der Waals surface area contributed by atoms with Gasteiger partial charge in [0, 0.05) is 25.7 Å². The van der Waals surface area contributed by atoms with E-state index in [0.717, 1.165) is 18.7 Å². The summed E-state index contributed by atoms with van der Waals surface area (Å²) in [6, 6.07) is 17.0. The quantitative estimate of drug-likeness (QED) is 0.863. The van der Waals surface area contributed by atoms with E-state index >= 15 is 0 Å². The zero-order valence-electron chi connectivity index (χ0n) is 13.6. The zero-order chi connectivity index (χ0) is 16.5. The molecule has 24 heavy (non-hydrogen) atoms. The molecule has 4 rings (SSSR count). The van der Waals surface area contributed by atoms with Gasteiger partial charge in [-0.25, -0.2) is 4.39 Å². The maximum atomic E-state index is 14.1. The Labute approximate surface area is 141 Å². The van der Waals surface area contributed by atoms with Gasteiger partial charge in [-0.2, -0.15) is 0 Å². The lowest BCUT2D eigenvalue weighted by Crippen LogP contribution is -2.51. The summed E-state index contributed by atoms with van der Waals surface area (Å²) in [6.45, 7) is 2.34. The van der Waals surface area contributed by atoms with Crippen LogP contribution in [0.4, 0.5) is 4.39 Å². The third-order valence-electron chi connectivity index (χ3n) is 5.02. The predicted molar refractivity (Wildman–Crippen MR) is 91.2 cm³/mol. The van der Waals surface area contributed by atoms with E-state index in [1.54, 1.807) is 18.2 Å². The highest BCUT2D eigenvalue weighted by atomic mass is 19.1. The van der Waals surface area contributed by atoms with E-state index < -0.39 is 5.82 Å². The highest BCUT2D eigenvalue weighted by molar-refractivity contribution is 5.94. The predicted octanol–water partition coefficient (Wildman–Crippen LogP) is 3.49. The van der Waals surface area contributed by atoms with Gasteiger partial charge in [0.15, 0.2) is 0 Å². The number of piperazine rings is 1. The van der Waals surface area contributed by atoms with Crippen molar-refractivity contribution in [1.82, 2.24) is 9.80 Å². The molecule has 0 bridgehead atoms. The van der Waals surface area contributed by atoms with Crippen molar-refractivity contribution in [2.24, 2.45) is 0 Å². The molecule has 1 aliphatic carbocycles. The zero-order valence-corrected chi connectivity index (χ0v) is 13.6. The lowest BCUT2D eigenvalue weighted by Gasteiger charge is -2.42. The Morgan fingerprint density at radius 2 is 1.67 bits per heavy atom. The van der Waals surface area contributed by atoms with Crippen LogP contribution in [0.3, 0.4) is 0 Å². The Bertz CT molecular complexity index is 729. The molecule has 0 radical (unpaired) electrons. The van der Waals surface area contributed by atoms with Crippen LogP contribution in [-0.2, 0) is 0 Å². The van der Waals surface area contributed by atoms with E-state index in [2.05, 4.69) is 17.0 Å². The lowest BCUT2D eigenvalue weighted by molar-refractivity contribution is 0.0428. The summed E-state index contributed by atoms with van der Waals surface area (Å²) in [4.78, 5) is 17.3. The molecule has 1 amide bonds. The van der Waals surface area contributed by atoms with Crippen molar-refractivity contribution in [2.75, 3.05) is 19.6 Å². The molecule has 2 fully saturated rings. The normalized spacial score (nSPS) is 21.7. The van der Waals surface area contributed by atoms with Crippen molar-refractivity contribution in [2.45, 2.75) is 24.9 Å². The van der Waals surface area contributed by atoms with Crippen molar-refractivity contribution in [3.8, 4) is 0 Å². The molecule has 0 N–H and O–H groups in total. The second-order valence-electron chi connectivity index (χ2n) is 6.63. The van der Waals surface area contributed by atoms with Crippen LogP contribution in [0.15, 0.2) is 54.6 Å². The second-order valence-corrected chi connectivity index (χ2v) is 6.63. The summed E-state index contributed by atoms with van der Waals surface area (Å²) in [7, 11) is 0. The summed E-state index contributed by atoms with van der Waals surface area (Å²) < 4.78 is 14.1. The van der Waals surface area contributed by atoms with Gasteiger partial charge in [-0.1, -0.05) is 42.5 Å². The van der Waals surface area contributed by atoms with E-state index in [1.165, 1.54) is 18.9 Å². The molecular weight excluding hydrogens is 303 g/mol. The van der Waals surface area contributed by atoms with Gasteiger partial charge in [-0.3, -0.25) is 9.69 Å². The first-order valence-corrected chi connectivity index (χ1v) is 8.58. The van der Waals surface area contributed by atoms with E-state index in [0.29, 0.717) is 12.6 Å². The fraction of sp³-hybridized carbons (Fsp3) is 0.350. The summed E-state index contributed by atoms with van der Waals surface area (Å²) in [6.07, 6.45) is 2.51. The molecular formula is C20H21FN2O. The number of rotatable bonds is 3. The van der Waals surface area contributed by atoms with Crippen LogP contribution in [0.2, 0.25) is 0 Å². The van der Waals surface area contributed by atoms with Gasteiger partial charge in [0.1, 0.15) is 5.82 Å². The average molecular weight is 324 g/mol. The molecule has 3 nitrogen and oxygen atoms in total. The molecule has 0 aromatic heterocycles. The number of nitrogens with zero attached hydrogens (tertiary/aromatic N) is 2. The van der Waals surface area contributed by atoms with Crippen molar-refractivity contribution in [1.29, 1.82) is 0 Å². The first-order valence-electron chi connectivity index (χ1n) is 8.58. The fourth-order valence-electron chi connectivity index (χ4n) is 3.57. The molecule has 2 aliphatic rings. The Morgan fingerprint density at radius 3 is 2.38 bits per heavy atom. The fourth-order valence-corrected chi connectivity index (χ4v) is 3.57. The summed E-state index contributed by atoms with van der Waals surface area (Å²) in [5.41, 5.74) is 1.28. The average Bonchev–Trinajstić information content (AvgIpc) is 3.47. The van der Waals surface area contributed by atoms with Crippen molar-refractivity contribution in [3.63, 3.8) is 0 Å². The van der Waals surface area contributed by atoms with Crippen molar-refractivity contribution < 1.29 is 9.18 Å². The van der Waals surface area contributed by atoms with E-state index in [4.69, 9.17) is 0 Å². The molecule has 1 aliphatic heterocycles. The third kappa shape index (κ3) is 2.94. The van der Waals surface area contributed by atoms with Gasteiger partial charge in [0.2, 0.25) is 0 Å². The number of carbonyl (C=O) groups excluding carboxylic acids is 1. The van der Waals surface area contributed by atoms with E-state index in [1.807, 2.05) is 23.1 Å². The molecule has 1 saturated carbocycles. The number of hydrogen-bond acceptors (Lipinski definition) is 2. The van der Waals surface area contributed by atoms with Gasteiger partial charge in [0.25, 0.3) is 5.91 Å². The van der Waals surface area contributed by atoms with Gasteiger partial charge in [0.05, 0.1) is 11.6 Å². The lowest BCUT2D eigenvalue weighted by atomic mass is 10.0. The first-order chi connectivity index (χ1) is 11.7. The van der Waals surface area contributed by atoms with E-state index in [9.17, 15) is 9.18 Å². The van der Waals surface area contributed by atoms with E-state index in [-0.39, 0.29) is 17.5 Å². The molecule has 2 aromatic rings. The SMILES string of the molecule is O=C(c1ccccc1F)N1CCN(C2CC2)CC1c1ccccc1. The third-order valence-corrected chi connectivity index (χ3v) is 5.02. The summed E-state index contributed by atoms with van der Waals surface area (Å²) >= 11 is 0. The highest BCUT2D eigenvalue weighted by Gasteiger charge is 2.38. The Hall–Kier alpha value is -2.20. The molecule has 1 heterocycles. The van der Waals surface area contributed by atoms with Crippen molar-refractivity contribution >= 4 is 5.91 Å². The molecule has 4 heteroatoms. The molecule has 124 valence electrons. The minimum atomic E-state index is -0.445. The maximum Gasteiger partial charge on any atom is 0.257 e. The van der Waals surface area contributed by atoms with Crippen molar-refractivity contribution in [3.05, 3.63) is 71.5 Å².